The number of carbonyl (C=O) groups is 1. The molecule has 5 nitrogen and oxygen atoms in total. The summed E-state index contributed by atoms with van der Waals surface area (Å²) in [5.74, 6) is 1.68. The van der Waals surface area contributed by atoms with Crippen molar-refractivity contribution in [2.24, 2.45) is 0 Å². The van der Waals surface area contributed by atoms with E-state index < -0.39 is 0 Å². The number of hydrogen-bond donors (Lipinski definition) is 0. The molecule has 0 aromatic heterocycles. The van der Waals surface area contributed by atoms with Crippen LogP contribution in [0.25, 0.3) is 0 Å². The zero-order chi connectivity index (χ0) is 20.8. The maximum absolute atomic E-state index is 13.0. The van der Waals surface area contributed by atoms with Crippen molar-refractivity contribution in [1.29, 1.82) is 0 Å². The first-order valence-electron chi connectivity index (χ1n) is 10.5. The first-order chi connectivity index (χ1) is 14.0. The Hall–Kier alpha value is -2.53. The minimum absolute atomic E-state index is 0.0800. The van der Waals surface area contributed by atoms with Gasteiger partial charge in [0.05, 0.1) is 6.61 Å². The Morgan fingerprint density at radius 3 is 2.24 bits per heavy atom. The minimum Gasteiger partial charge on any atom is -0.493 e. The SMILES string of the molecule is CCOc1ccc(C(=O)N2CCN(CC)CC2)cc1COc1cc(C)cc(C)c1. The Morgan fingerprint density at radius 2 is 1.62 bits per heavy atom. The molecule has 1 fully saturated rings. The molecule has 0 saturated carbocycles. The van der Waals surface area contributed by atoms with Crippen LogP contribution in [0.1, 0.15) is 40.9 Å². The van der Waals surface area contributed by atoms with Crippen LogP contribution in [0, 0.1) is 13.8 Å². The molecule has 0 N–H and O–H groups in total. The van der Waals surface area contributed by atoms with Crippen molar-refractivity contribution < 1.29 is 14.3 Å². The molecular weight excluding hydrogens is 364 g/mol. The zero-order valence-corrected chi connectivity index (χ0v) is 18.0. The summed E-state index contributed by atoms with van der Waals surface area (Å²) in [5.41, 5.74) is 3.92. The number of nitrogens with zero attached hydrogens (tertiary/aromatic N) is 2. The number of hydrogen-bond acceptors (Lipinski definition) is 4. The van der Waals surface area contributed by atoms with Crippen LogP contribution >= 0.6 is 0 Å². The van der Waals surface area contributed by atoms with E-state index in [0.717, 1.165) is 49.8 Å². The lowest BCUT2D eigenvalue weighted by molar-refractivity contribution is 0.0643. The van der Waals surface area contributed by atoms with E-state index in [1.54, 1.807) is 0 Å². The molecule has 1 aliphatic rings. The first-order valence-corrected chi connectivity index (χ1v) is 10.5. The van der Waals surface area contributed by atoms with E-state index in [9.17, 15) is 4.79 Å². The van der Waals surface area contributed by atoms with Gasteiger partial charge in [-0.25, -0.2) is 0 Å². The maximum atomic E-state index is 13.0. The molecule has 156 valence electrons. The number of amides is 1. The van der Waals surface area contributed by atoms with Crippen molar-refractivity contribution in [3.05, 3.63) is 58.7 Å². The molecule has 2 aromatic carbocycles. The summed E-state index contributed by atoms with van der Waals surface area (Å²) in [7, 11) is 0. The van der Waals surface area contributed by atoms with Crippen molar-refractivity contribution in [3.63, 3.8) is 0 Å². The van der Waals surface area contributed by atoms with Crippen molar-refractivity contribution in [2.45, 2.75) is 34.3 Å². The molecule has 1 heterocycles. The Morgan fingerprint density at radius 1 is 0.931 bits per heavy atom. The molecule has 1 saturated heterocycles. The fourth-order valence-electron chi connectivity index (χ4n) is 3.75. The number of carbonyl (C=O) groups excluding carboxylic acids is 1. The van der Waals surface area contributed by atoms with Gasteiger partial charge >= 0.3 is 0 Å². The second-order valence-electron chi connectivity index (χ2n) is 7.59. The second kappa shape index (κ2) is 9.79. The predicted molar refractivity (Wildman–Crippen MR) is 116 cm³/mol. The van der Waals surface area contributed by atoms with E-state index in [-0.39, 0.29) is 5.91 Å². The summed E-state index contributed by atoms with van der Waals surface area (Å²) in [6.07, 6.45) is 0. The van der Waals surface area contributed by atoms with Crippen LogP contribution in [-0.2, 0) is 6.61 Å². The van der Waals surface area contributed by atoms with E-state index in [4.69, 9.17) is 9.47 Å². The second-order valence-corrected chi connectivity index (χ2v) is 7.59. The maximum Gasteiger partial charge on any atom is 0.253 e. The van der Waals surface area contributed by atoms with Crippen molar-refractivity contribution in [2.75, 3.05) is 39.3 Å². The molecule has 0 bridgehead atoms. The van der Waals surface area contributed by atoms with Crippen LogP contribution in [-0.4, -0.2) is 55.0 Å². The summed E-state index contributed by atoms with van der Waals surface area (Å²) in [4.78, 5) is 17.3. The largest absolute Gasteiger partial charge is 0.493 e. The molecule has 0 atom stereocenters. The highest BCUT2D eigenvalue weighted by Crippen LogP contribution is 2.25. The van der Waals surface area contributed by atoms with Gasteiger partial charge in [0.15, 0.2) is 0 Å². The van der Waals surface area contributed by atoms with Crippen LogP contribution in [0.4, 0.5) is 0 Å². The van der Waals surface area contributed by atoms with E-state index in [1.165, 1.54) is 11.1 Å². The van der Waals surface area contributed by atoms with Gasteiger partial charge in [-0.05, 0) is 68.8 Å². The van der Waals surface area contributed by atoms with E-state index >= 15 is 0 Å². The van der Waals surface area contributed by atoms with Gasteiger partial charge in [-0.15, -0.1) is 0 Å². The third-order valence-corrected chi connectivity index (χ3v) is 5.30. The third kappa shape index (κ3) is 5.51. The van der Waals surface area contributed by atoms with E-state index in [2.05, 4.69) is 31.7 Å². The highest BCUT2D eigenvalue weighted by atomic mass is 16.5. The Kier molecular flexibility index (Phi) is 7.15. The van der Waals surface area contributed by atoms with Crippen molar-refractivity contribution in [1.82, 2.24) is 9.80 Å². The lowest BCUT2D eigenvalue weighted by Crippen LogP contribution is -2.48. The Labute approximate surface area is 174 Å². The summed E-state index contributed by atoms with van der Waals surface area (Å²) in [6.45, 7) is 13.6. The van der Waals surface area contributed by atoms with Crippen LogP contribution in [0.5, 0.6) is 11.5 Å². The Bertz CT molecular complexity index is 822. The van der Waals surface area contributed by atoms with Gasteiger partial charge in [0.2, 0.25) is 0 Å². The lowest BCUT2D eigenvalue weighted by Gasteiger charge is -2.34. The number of ether oxygens (including phenoxy) is 2. The molecular formula is C24H32N2O3. The molecule has 1 amide bonds. The average molecular weight is 397 g/mol. The minimum atomic E-state index is 0.0800. The summed E-state index contributed by atoms with van der Waals surface area (Å²) >= 11 is 0. The van der Waals surface area contributed by atoms with Crippen LogP contribution in [0.15, 0.2) is 36.4 Å². The highest BCUT2D eigenvalue weighted by Gasteiger charge is 2.22. The molecule has 0 unspecified atom stereocenters. The normalized spacial score (nSPS) is 14.7. The molecule has 0 aliphatic carbocycles. The molecule has 3 rings (SSSR count). The van der Waals surface area contributed by atoms with Crippen molar-refractivity contribution in [3.8, 4) is 11.5 Å². The van der Waals surface area contributed by atoms with Crippen LogP contribution < -0.4 is 9.47 Å². The van der Waals surface area contributed by atoms with Gasteiger partial charge in [-0.3, -0.25) is 4.79 Å². The third-order valence-electron chi connectivity index (χ3n) is 5.30. The average Bonchev–Trinajstić information content (AvgIpc) is 2.72. The van der Waals surface area contributed by atoms with Crippen LogP contribution in [0.2, 0.25) is 0 Å². The van der Waals surface area contributed by atoms with E-state index in [0.29, 0.717) is 18.8 Å². The monoisotopic (exact) mass is 396 g/mol. The Balaban J connectivity index is 1.75. The van der Waals surface area contributed by atoms with Gasteiger partial charge in [0.25, 0.3) is 5.91 Å². The van der Waals surface area contributed by atoms with Gasteiger partial charge in [0, 0.05) is 37.3 Å². The van der Waals surface area contributed by atoms with Gasteiger partial charge in [0.1, 0.15) is 18.1 Å². The standard InChI is InChI=1S/C24H32N2O3/c1-5-25-9-11-26(12-10-25)24(27)20-7-8-23(28-6-2)21(16-20)17-29-22-14-18(3)13-19(4)15-22/h7-8,13-16H,5-6,9-12,17H2,1-4H3. The lowest BCUT2D eigenvalue weighted by atomic mass is 10.1. The zero-order valence-electron chi connectivity index (χ0n) is 18.0. The first kappa shape index (κ1) is 21.2. The summed E-state index contributed by atoms with van der Waals surface area (Å²) < 4.78 is 11.8. The van der Waals surface area contributed by atoms with Gasteiger partial charge < -0.3 is 19.3 Å². The van der Waals surface area contributed by atoms with Crippen LogP contribution in [0.3, 0.4) is 0 Å². The smallest absolute Gasteiger partial charge is 0.253 e. The number of rotatable bonds is 7. The van der Waals surface area contributed by atoms with E-state index in [1.807, 2.05) is 42.2 Å². The quantitative estimate of drug-likeness (QED) is 0.708. The highest BCUT2D eigenvalue weighted by molar-refractivity contribution is 5.94. The fraction of sp³-hybridized carbons (Fsp3) is 0.458. The summed E-state index contributed by atoms with van der Waals surface area (Å²) in [5, 5.41) is 0. The van der Waals surface area contributed by atoms with Gasteiger partial charge in [-0.2, -0.15) is 0 Å². The molecule has 0 spiro atoms. The number of benzene rings is 2. The number of piperazine rings is 1. The molecule has 2 aromatic rings. The topological polar surface area (TPSA) is 42.0 Å². The molecule has 0 radical (unpaired) electrons. The number of aryl methyl sites for hydroxylation is 2. The molecule has 1 aliphatic heterocycles. The van der Waals surface area contributed by atoms with Crippen molar-refractivity contribution >= 4 is 5.91 Å². The summed E-state index contributed by atoms with van der Waals surface area (Å²) in [6, 6.07) is 11.8. The molecule has 5 heteroatoms. The molecule has 29 heavy (non-hydrogen) atoms. The van der Waals surface area contributed by atoms with Gasteiger partial charge in [-0.1, -0.05) is 13.0 Å². The fourth-order valence-corrected chi connectivity index (χ4v) is 3.75. The number of likely N-dealkylation sites (N-methyl/N-ethyl adjacent to an activating group) is 1. The predicted octanol–water partition coefficient (Wildman–Crippen LogP) is 4.06.